The van der Waals surface area contributed by atoms with Crippen molar-refractivity contribution < 1.29 is 0 Å². The van der Waals surface area contributed by atoms with Gasteiger partial charge in [-0.15, -0.1) is 0 Å². The van der Waals surface area contributed by atoms with Gasteiger partial charge in [0.1, 0.15) is 0 Å². The predicted octanol–water partition coefficient (Wildman–Crippen LogP) is 7.28. The van der Waals surface area contributed by atoms with Crippen molar-refractivity contribution in [2.24, 2.45) is 0 Å². The maximum atomic E-state index is 3.28. The molecule has 0 radical (unpaired) electrons. The van der Waals surface area contributed by atoms with E-state index in [-0.39, 0.29) is 0 Å². The van der Waals surface area contributed by atoms with Crippen LogP contribution in [0.3, 0.4) is 0 Å². The molecular weight excluding hydrogens is 364 g/mol. The minimum Gasteiger partial charge on any atom is -0.345 e. The summed E-state index contributed by atoms with van der Waals surface area (Å²) >= 11 is 0. The van der Waals surface area contributed by atoms with E-state index in [2.05, 4.69) is 115 Å². The predicted molar refractivity (Wildman–Crippen MR) is 127 cm³/mol. The zero-order chi connectivity index (χ0) is 20.7. The van der Waals surface area contributed by atoms with Crippen molar-refractivity contribution in [3.05, 3.63) is 103 Å². The van der Waals surface area contributed by atoms with Crippen molar-refractivity contribution in [3.63, 3.8) is 0 Å². The molecular formula is C28H24N2. The number of aromatic nitrogens is 1. The number of rotatable bonds is 4. The van der Waals surface area contributed by atoms with Crippen molar-refractivity contribution in [3.8, 4) is 5.69 Å². The van der Waals surface area contributed by atoms with Crippen molar-refractivity contribution in [1.82, 2.24) is 4.57 Å². The first kappa shape index (κ1) is 18.3. The fourth-order valence-corrected chi connectivity index (χ4v) is 4.13. The minimum atomic E-state index is 0.486. The summed E-state index contributed by atoms with van der Waals surface area (Å²) in [6.07, 6.45) is 0. The minimum absolute atomic E-state index is 0.486. The summed E-state index contributed by atoms with van der Waals surface area (Å²) in [5.74, 6) is 0.486. The molecule has 0 saturated heterocycles. The summed E-state index contributed by atoms with van der Waals surface area (Å²) in [7, 11) is 2.12. The van der Waals surface area contributed by atoms with Crippen LogP contribution in [0.15, 0.2) is 84.9 Å². The lowest BCUT2D eigenvalue weighted by molar-refractivity contribution is 0.868. The summed E-state index contributed by atoms with van der Waals surface area (Å²) in [4.78, 5) is 2.23. The van der Waals surface area contributed by atoms with Crippen LogP contribution in [-0.4, -0.2) is 11.6 Å². The third-order valence-electron chi connectivity index (χ3n) is 5.84. The third kappa shape index (κ3) is 3.00. The van der Waals surface area contributed by atoms with Gasteiger partial charge in [0, 0.05) is 29.2 Å². The Balaban J connectivity index is 1.78. The Morgan fingerprint density at radius 3 is 2.20 bits per heavy atom. The number of hydrogen-bond acceptors (Lipinski definition) is 1. The van der Waals surface area contributed by atoms with Crippen LogP contribution in [0.1, 0.15) is 25.3 Å². The van der Waals surface area contributed by atoms with Crippen molar-refractivity contribution in [1.29, 1.82) is 0 Å². The van der Waals surface area contributed by atoms with E-state index in [0.717, 1.165) is 5.69 Å². The fraction of sp³-hybridized carbons (Fsp3) is 0.143. The third-order valence-corrected chi connectivity index (χ3v) is 5.84. The molecule has 0 aliphatic heterocycles. The molecule has 5 rings (SSSR count). The zero-order valence-corrected chi connectivity index (χ0v) is 17.6. The van der Waals surface area contributed by atoms with Gasteiger partial charge >= 0.3 is 0 Å². The average molecular weight is 389 g/mol. The van der Waals surface area contributed by atoms with Crippen molar-refractivity contribution in [2.45, 2.75) is 19.8 Å². The zero-order valence-electron chi connectivity index (χ0n) is 17.6. The van der Waals surface area contributed by atoms with Crippen LogP contribution in [0.25, 0.3) is 27.5 Å². The lowest BCUT2D eigenvalue weighted by atomic mass is 10.0. The highest BCUT2D eigenvalue weighted by atomic mass is 15.1. The highest BCUT2D eigenvalue weighted by Gasteiger charge is 2.15. The van der Waals surface area contributed by atoms with Crippen LogP contribution < -0.4 is 4.90 Å². The molecule has 2 nitrogen and oxygen atoms in total. The molecule has 2 heteroatoms. The second kappa shape index (κ2) is 7.28. The molecule has 0 N–H and O–H groups in total. The van der Waals surface area contributed by atoms with Crippen molar-refractivity contribution in [2.75, 3.05) is 11.9 Å². The summed E-state index contributed by atoms with van der Waals surface area (Å²) < 4.78 is 2.29. The van der Waals surface area contributed by atoms with Gasteiger partial charge in [-0.2, -0.15) is 0 Å². The van der Waals surface area contributed by atoms with Gasteiger partial charge in [0.25, 0.3) is 0 Å². The van der Waals surface area contributed by atoms with Crippen LogP contribution in [0.4, 0.5) is 11.4 Å². The fourth-order valence-electron chi connectivity index (χ4n) is 4.13. The van der Waals surface area contributed by atoms with Gasteiger partial charge in [0.2, 0.25) is 0 Å². The molecule has 146 valence electrons. The van der Waals surface area contributed by atoms with E-state index in [1.54, 1.807) is 0 Å². The summed E-state index contributed by atoms with van der Waals surface area (Å²) in [6, 6.07) is 36.4. The normalized spacial score (nSPS) is 11.2. The monoisotopic (exact) mass is 388 g/mol. The molecule has 0 aliphatic rings. The quantitative estimate of drug-likeness (QED) is 0.314. The number of fused-ring (bicyclic) bond motifs is 3. The molecule has 0 unspecified atom stereocenters. The lowest BCUT2D eigenvalue weighted by Crippen LogP contribution is -2.08. The van der Waals surface area contributed by atoms with Gasteiger partial charge in [-0.25, -0.2) is 0 Å². The standard InChI is InChI=1S/C28H24N2/c1-20(2)21-14-16-27-25(18-21)26-19-24(29(3)22-10-6-4-7-11-22)15-17-28(26)30(27)23-12-8-5-9-13-23/h4-8,10-12,14-20H,1-3H3. The van der Waals surface area contributed by atoms with Gasteiger partial charge in [-0.05, 0) is 72.1 Å². The van der Waals surface area contributed by atoms with E-state index in [4.69, 9.17) is 0 Å². The number of hydrogen-bond donors (Lipinski definition) is 0. The molecule has 1 aromatic heterocycles. The van der Waals surface area contributed by atoms with Crippen LogP contribution in [0.5, 0.6) is 0 Å². The smallest absolute Gasteiger partial charge is 0.0973 e. The molecule has 4 aromatic carbocycles. The molecule has 0 spiro atoms. The molecule has 0 fully saturated rings. The van der Waals surface area contributed by atoms with E-state index < -0.39 is 0 Å². The highest BCUT2D eigenvalue weighted by Crippen LogP contribution is 2.36. The number of para-hydroxylation sites is 1. The summed E-state index contributed by atoms with van der Waals surface area (Å²) in [5, 5.41) is 2.53. The van der Waals surface area contributed by atoms with Gasteiger partial charge in [-0.1, -0.05) is 50.2 Å². The first-order chi connectivity index (χ1) is 14.6. The maximum absolute atomic E-state index is 3.28. The molecule has 1 heterocycles. The second-order valence-corrected chi connectivity index (χ2v) is 8.04. The molecule has 0 aliphatic carbocycles. The molecule has 5 aromatic rings. The number of anilines is 2. The van der Waals surface area contributed by atoms with E-state index in [0.29, 0.717) is 5.92 Å². The SMILES string of the molecule is CC(C)c1ccc2c(c1)c1cc(N(C)c3ccccc3)ccc1n2-c1c#cccc1. The van der Waals surface area contributed by atoms with Crippen molar-refractivity contribution >= 4 is 33.2 Å². The Bertz CT molecular complexity index is 1310. The van der Waals surface area contributed by atoms with E-state index in [1.165, 1.54) is 38.7 Å². The first-order valence-corrected chi connectivity index (χ1v) is 10.4. The molecule has 0 saturated carbocycles. The largest absolute Gasteiger partial charge is 0.345 e. The molecule has 0 atom stereocenters. The number of benzene rings is 3. The van der Waals surface area contributed by atoms with Crippen LogP contribution in [-0.2, 0) is 0 Å². The maximum Gasteiger partial charge on any atom is 0.0973 e. The Labute approximate surface area is 178 Å². The van der Waals surface area contributed by atoms with Crippen LogP contribution in [0.2, 0.25) is 0 Å². The average Bonchev–Trinajstić information content (AvgIpc) is 3.12. The number of nitrogens with zero attached hydrogens (tertiary/aromatic N) is 2. The molecule has 0 bridgehead atoms. The van der Waals surface area contributed by atoms with Crippen LogP contribution >= 0.6 is 0 Å². The lowest BCUT2D eigenvalue weighted by Gasteiger charge is -2.19. The summed E-state index contributed by atoms with van der Waals surface area (Å²) in [6.45, 7) is 4.49. The van der Waals surface area contributed by atoms with Gasteiger partial charge in [0.15, 0.2) is 0 Å². The van der Waals surface area contributed by atoms with Gasteiger partial charge in [0.05, 0.1) is 16.7 Å². The van der Waals surface area contributed by atoms with E-state index in [9.17, 15) is 0 Å². The Morgan fingerprint density at radius 1 is 0.767 bits per heavy atom. The van der Waals surface area contributed by atoms with E-state index >= 15 is 0 Å². The molecule has 30 heavy (non-hydrogen) atoms. The second-order valence-electron chi connectivity index (χ2n) is 8.04. The van der Waals surface area contributed by atoms with E-state index in [1.807, 2.05) is 12.1 Å². The molecule has 0 amide bonds. The van der Waals surface area contributed by atoms with Gasteiger partial charge in [-0.3, -0.25) is 0 Å². The Kier molecular flexibility index (Phi) is 4.45. The summed E-state index contributed by atoms with van der Waals surface area (Å²) in [5.41, 5.74) is 7.10. The Hall–Kier alpha value is -3.70. The first-order valence-electron chi connectivity index (χ1n) is 10.4. The topological polar surface area (TPSA) is 8.17 Å². The highest BCUT2D eigenvalue weighted by molar-refractivity contribution is 6.10. The van der Waals surface area contributed by atoms with Gasteiger partial charge < -0.3 is 9.47 Å². The Morgan fingerprint density at radius 2 is 1.50 bits per heavy atom. The van der Waals surface area contributed by atoms with Crippen LogP contribution in [0, 0.1) is 12.1 Å².